The van der Waals surface area contributed by atoms with Crippen molar-refractivity contribution < 1.29 is 39.8 Å². The Kier molecular flexibility index (Phi) is 6.59. The maximum atomic E-state index is 13.0. The lowest BCUT2D eigenvalue weighted by molar-refractivity contribution is -0.242. The molecule has 0 heterocycles. The highest BCUT2D eigenvalue weighted by atomic mass is 32.2. The van der Waals surface area contributed by atoms with E-state index in [2.05, 4.69) is 9.47 Å². The van der Waals surface area contributed by atoms with E-state index in [1.165, 1.54) is 0 Å². The monoisotopic (exact) mass is 315 g/mol. The summed E-state index contributed by atoms with van der Waals surface area (Å²) < 4.78 is 94.0. The molecule has 11 heteroatoms. The second-order valence-corrected chi connectivity index (χ2v) is 5.38. The van der Waals surface area contributed by atoms with E-state index in [1.54, 1.807) is 0 Å². The number of halogens is 5. The molecule has 19 heavy (non-hydrogen) atoms. The van der Waals surface area contributed by atoms with Crippen LogP contribution in [0.4, 0.5) is 22.0 Å². The quantitative estimate of drug-likeness (QED) is 0.629. The number of methoxy groups -OCH3 is 2. The first-order valence-electron chi connectivity index (χ1n) is 4.94. The van der Waals surface area contributed by atoms with Gasteiger partial charge in [-0.1, -0.05) is 0 Å². The van der Waals surface area contributed by atoms with Gasteiger partial charge in [-0.15, -0.1) is 0 Å². The third-order valence-electron chi connectivity index (χ3n) is 2.08. The zero-order chi connectivity index (χ0) is 15.3. The van der Waals surface area contributed by atoms with Crippen molar-refractivity contribution in [3.63, 3.8) is 0 Å². The SMILES string of the molecule is COCCN(CCOC)S(=O)(=O)C(F)(F)C(F)(F)F. The van der Waals surface area contributed by atoms with Crippen LogP contribution in [0.2, 0.25) is 0 Å². The molecule has 0 atom stereocenters. The van der Waals surface area contributed by atoms with Gasteiger partial charge >= 0.3 is 11.4 Å². The van der Waals surface area contributed by atoms with Gasteiger partial charge in [0.05, 0.1) is 13.2 Å². The molecule has 0 aromatic carbocycles. The third kappa shape index (κ3) is 4.23. The van der Waals surface area contributed by atoms with Crippen molar-refractivity contribution in [1.29, 1.82) is 0 Å². The van der Waals surface area contributed by atoms with Gasteiger partial charge in [-0.3, -0.25) is 0 Å². The Bertz CT molecular complexity index is 362. The van der Waals surface area contributed by atoms with E-state index in [1.807, 2.05) is 0 Å². The van der Waals surface area contributed by atoms with E-state index in [9.17, 15) is 30.4 Å². The van der Waals surface area contributed by atoms with Crippen LogP contribution in [0.1, 0.15) is 0 Å². The Morgan fingerprint density at radius 1 is 0.947 bits per heavy atom. The minimum atomic E-state index is -6.19. The second-order valence-electron chi connectivity index (χ2n) is 3.40. The lowest BCUT2D eigenvalue weighted by atomic mass is 10.6. The number of alkyl halides is 5. The number of nitrogens with zero attached hydrogens (tertiary/aromatic N) is 1. The largest absolute Gasteiger partial charge is 0.470 e. The molecular formula is C8H14F5NO4S. The molecule has 0 fully saturated rings. The zero-order valence-corrected chi connectivity index (χ0v) is 11.0. The van der Waals surface area contributed by atoms with Gasteiger partial charge in [-0.05, 0) is 0 Å². The molecule has 0 aromatic rings. The van der Waals surface area contributed by atoms with Crippen molar-refractivity contribution in [3.05, 3.63) is 0 Å². The summed E-state index contributed by atoms with van der Waals surface area (Å²) in [6, 6.07) is 0. The first-order chi connectivity index (χ1) is 8.52. The lowest BCUT2D eigenvalue weighted by Gasteiger charge is -2.27. The highest BCUT2D eigenvalue weighted by Crippen LogP contribution is 2.41. The van der Waals surface area contributed by atoms with Gasteiger partial charge in [0.2, 0.25) is 0 Å². The van der Waals surface area contributed by atoms with Crippen molar-refractivity contribution in [2.75, 3.05) is 40.5 Å². The van der Waals surface area contributed by atoms with Crippen LogP contribution >= 0.6 is 0 Å². The summed E-state index contributed by atoms with van der Waals surface area (Å²) in [6.45, 7) is -1.91. The summed E-state index contributed by atoms with van der Waals surface area (Å²) in [5.74, 6) is 0. The van der Waals surface area contributed by atoms with Crippen LogP contribution < -0.4 is 0 Å². The Hall–Kier alpha value is -0.520. The molecule has 0 bridgehead atoms. The number of ether oxygens (including phenoxy) is 2. The summed E-state index contributed by atoms with van der Waals surface area (Å²) in [7, 11) is -3.58. The van der Waals surface area contributed by atoms with Crippen molar-refractivity contribution in [2.24, 2.45) is 0 Å². The molecule has 0 amide bonds. The van der Waals surface area contributed by atoms with Gasteiger partial charge in [0.1, 0.15) is 0 Å². The topological polar surface area (TPSA) is 55.8 Å². The zero-order valence-electron chi connectivity index (χ0n) is 10.2. The minimum absolute atomic E-state index is 0.00646. The van der Waals surface area contributed by atoms with Gasteiger partial charge in [0, 0.05) is 27.3 Å². The lowest BCUT2D eigenvalue weighted by Crippen LogP contribution is -2.52. The molecular weight excluding hydrogens is 301 g/mol. The highest BCUT2D eigenvalue weighted by Gasteiger charge is 2.68. The normalized spacial score (nSPS) is 14.1. The molecule has 0 aliphatic carbocycles. The second kappa shape index (κ2) is 6.77. The first-order valence-corrected chi connectivity index (χ1v) is 6.38. The summed E-state index contributed by atoms with van der Waals surface area (Å²) >= 11 is 0. The van der Waals surface area contributed by atoms with Crippen LogP contribution in [0.25, 0.3) is 0 Å². The Morgan fingerprint density at radius 2 is 1.32 bits per heavy atom. The summed E-state index contributed by atoms with van der Waals surface area (Å²) in [5.41, 5.74) is 0. The molecule has 0 saturated heterocycles. The number of rotatable bonds is 8. The molecule has 0 aliphatic heterocycles. The first kappa shape index (κ1) is 18.5. The Labute approximate surface area is 107 Å². The van der Waals surface area contributed by atoms with Crippen molar-refractivity contribution in [3.8, 4) is 0 Å². The van der Waals surface area contributed by atoms with Crippen LogP contribution in [0.5, 0.6) is 0 Å². The van der Waals surface area contributed by atoms with Crippen LogP contribution in [0.3, 0.4) is 0 Å². The van der Waals surface area contributed by atoms with Crippen LogP contribution in [0.15, 0.2) is 0 Å². The number of hydrogen-bond donors (Lipinski definition) is 0. The predicted octanol–water partition coefficient (Wildman–Crippen LogP) is 1.07. The molecule has 116 valence electrons. The molecule has 0 rings (SSSR count). The van der Waals surface area contributed by atoms with Crippen LogP contribution in [-0.4, -0.2) is 64.7 Å². The third-order valence-corrected chi connectivity index (χ3v) is 4.01. The molecule has 0 aromatic heterocycles. The number of sulfonamides is 1. The van der Waals surface area contributed by atoms with Gasteiger partial charge in [0.15, 0.2) is 0 Å². The maximum absolute atomic E-state index is 13.0. The minimum Gasteiger partial charge on any atom is -0.383 e. The molecule has 0 unspecified atom stereocenters. The average molecular weight is 315 g/mol. The van der Waals surface area contributed by atoms with E-state index in [-0.39, 0.29) is 17.5 Å². The van der Waals surface area contributed by atoms with E-state index in [4.69, 9.17) is 0 Å². The van der Waals surface area contributed by atoms with Gasteiger partial charge in [-0.2, -0.15) is 26.3 Å². The summed E-state index contributed by atoms with van der Waals surface area (Å²) in [4.78, 5) is 0. The molecule has 0 radical (unpaired) electrons. The van der Waals surface area contributed by atoms with Crippen LogP contribution in [-0.2, 0) is 19.5 Å². The summed E-state index contributed by atoms with van der Waals surface area (Å²) in [5, 5.41) is -5.86. The van der Waals surface area contributed by atoms with Gasteiger partial charge in [0.25, 0.3) is 10.0 Å². The molecule has 0 saturated carbocycles. The summed E-state index contributed by atoms with van der Waals surface area (Å²) in [6.07, 6.45) is -6.19. The molecule has 0 aliphatic rings. The Morgan fingerprint density at radius 3 is 1.58 bits per heavy atom. The van der Waals surface area contributed by atoms with E-state index < -0.39 is 34.5 Å². The van der Waals surface area contributed by atoms with Crippen LogP contribution in [0, 0.1) is 0 Å². The van der Waals surface area contributed by atoms with Crippen molar-refractivity contribution in [2.45, 2.75) is 11.4 Å². The molecule has 5 nitrogen and oxygen atoms in total. The van der Waals surface area contributed by atoms with E-state index in [0.717, 1.165) is 14.2 Å². The fraction of sp³-hybridized carbons (Fsp3) is 1.00. The van der Waals surface area contributed by atoms with E-state index in [0.29, 0.717) is 0 Å². The fourth-order valence-corrected chi connectivity index (χ4v) is 2.29. The van der Waals surface area contributed by atoms with E-state index >= 15 is 0 Å². The molecule has 0 spiro atoms. The van der Waals surface area contributed by atoms with Crippen molar-refractivity contribution in [1.82, 2.24) is 4.31 Å². The van der Waals surface area contributed by atoms with Crippen molar-refractivity contribution >= 4 is 10.0 Å². The average Bonchev–Trinajstić information content (AvgIpc) is 2.27. The standard InChI is InChI=1S/C8H14F5NO4S/c1-17-5-3-14(4-6-18-2)19(15,16)8(12,13)7(9,10)11/h3-6H2,1-2H3. The fourth-order valence-electron chi connectivity index (χ4n) is 1.05. The molecule has 0 N–H and O–H groups in total. The highest BCUT2D eigenvalue weighted by molar-refractivity contribution is 7.90. The Balaban J connectivity index is 5.27. The predicted molar refractivity (Wildman–Crippen MR) is 55.2 cm³/mol. The smallest absolute Gasteiger partial charge is 0.383 e. The number of hydrogen-bond acceptors (Lipinski definition) is 4. The maximum Gasteiger partial charge on any atom is 0.470 e. The van der Waals surface area contributed by atoms with Gasteiger partial charge < -0.3 is 9.47 Å². The van der Waals surface area contributed by atoms with Gasteiger partial charge in [-0.25, -0.2) is 8.42 Å².